The molecule has 0 aliphatic rings. The lowest BCUT2D eigenvalue weighted by atomic mass is 10.1. The summed E-state index contributed by atoms with van der Waals surface area (Å²) in [5.41, 5.74) is 11.8. The first-order valence-corrected chi connectivity index (χ1v) is 8.49. The predicted octanol–water partition coefficient (Wildman–Crippen LogP) is 2.76. The van der Waals surface area contributed by atoms with E-state index in [4.69, 9.17) is 25.7 Å². The van der Waals surface area contributed by atoms with Gasteiger partial charge in [0.1, 0.15) is 23.6 Å². The molecule has 0 spiro atoms. The van der Waals surface area contributed by atoms with Gasteiger partial charge in [-0.2, -0.15) is 0 Å². The zero-order valence-corrected chi connectivity index (χ0v) is 15.9. The number of benzene rings is 2. The summed E-state index contributed by atoms with van der Waals surface area (Å²) in [6.07, 6.45) is -1.42. The molecular weight excluding hydrogens is 384 g/mol. The molecule has 11 nitrogen and oxygen atoms in total. The molecule has 0 bridgehead atoms. The Kier molecular flexibility index (Phi) is 7.42. The van der Waals surface area contributed by atoms with E-state index in [0.29, 0.717) is 11.1 Å². The second-order valence-corrected chi connectivity index (χ2v) is 6.17. The van der Waals surface area contributed by atoms with Gasteiger partial charge in [-0.3, -0.25) is 20.2 Å². The van der Waals surface area contributed by atoms with Crippen molar-refractivity contribution in [2.45, 2.75) is 12.2 Å². The number of nitrogen functional groups attached to an aromatic ring is 2. The molecule has 2 rings (SSSR count). The average Bonchev–Trinajstić information content (AvgIpc) is 2.67. The lowest BCUT2D eigenvalue weighted by molar-refractivity contribution is -0.384. The second kappa shape index (κ2) is 9.78. The van der Waals surface area contributed by atoms with E-state index in [-0.39, 0.29) is 36.0 Å². The largest absolute Gasteiger partial charge is 0.393 e. The molecule has 29 heavy (non-hydrogen) atoms. The number of ether oxygens (including phenoxy) is 3. The molecule has 0 saturated carbocycles. The fourth-order valence-electron chi connectivity index (χ4n) is 2.77. The highest BCUT2D eigenvalue weighted by molar-refractivity contribution is 5.60. The first kappa shape index (κ1) is 22.0. The zero-order chi connectivity index (χ0) is 21.6. The maximum absolute atomic E-state index is 11.2. The van der Waals surface area contributed by atoms with Crippen molar-refractivity contribution in [1.82, 2.24) is 0 Å². The molecule has 0 radical (unpaired) electrons. The van der Waals surface area contributed by atoms with Crippen LogP contribution in [-0.2, 0) is 14.2 Å². The highest BCUT2D eigenvalue weighted by Crippen LogP contribution is 2.33. The van der Waals surface area contributed by atoms with Crippen LogP contribution in [0.15, 0.2) is 36.4 Å². The van der Waals surface area contributed by atoms with Gasteiger partial charge in [-0.25, -0.2) is 0 Å². The number of anilines is 2. The van der Waals surface area contributed by atoms with Gasteiger partial charge >= 0.3 is 0 Å². The van der Waals surface area contributed by atoms with Gasteiger partial charge < -0.3 is 25.7 Å². The van der Waals surface area contributed by atoms with Crippen LogP contribution in [0.25, 0.3) is 0 Å². The number of nitro groups is 2. The summed E-state index contributed by atoms with van der Waals surface area (Å²) in [6, 6.07) is 8.66. The van der Waals surface area contributed by atoms with Gasteiger partial charge in [0.15, 0.2) is 0 Å². The maximum atomic E-state index is 11.2. The smallest absolute Gasteiger partial charge is 0.292 e. The third kappa shape index (κ3) is 5.38. The van der Waals surface area contributed by atoms with Crippen molar-refractivity contribution < 1.29 is 24.1 Å². The van der Waals surface area contributed by atoms with Crippen molar-refractivity contribution in [2.24, 2.45) is 0 Å². The molecule has 11 heteroatoms. The van der Waals surface area contributed by atoms with Crippen molar-refractivity contribution >= 4 is 22.7 Å². The summed E-state index contributed by atoms with van der Waals surface area (Å²) in [5, 5.41) is 22.4. The van der Waals surface area contributed by atoms with Crippen LogP contribution in [0.5, 0.6) is 0 Å². The summed E-state index contributed by atoms with van der Waals surface area (Å²) < 4.78 is 16.5. The Morgan fingerprint density at radius 2 is 1.21 bits per heavy atom. The minimum atomic E-state index is -0.712. The minimum absolute atomic E-state index is 0.0255. The van der Waals surface area contributed by atoms with E-state index in [1.165, 1.54) is 38.5 Å². The molecule has 0 aliphatic heterocycles. The van der Waals surface area contributed by atoms with Crippen molar-refractivity contribution in [3.63, 3.8) is 0 Å². The van der Waals surface area contributed by atoms with Crippen LogP contribution in [0.3, 0.4) is 0 Å². The van der Waals surface area contributed by atoms with Crippen molar-refractivity contribution in [3.05, 3.63) is 67.8 Å². The molecule has 0 aliphatic carbocycles. The van der Waals surface area contributed by atoms with Crippen LogP contribution in [0, 0.1) is 20.2 Å². The van der Waals surface area contributed by atoms with Crippen molar-refractivity contribution in [2.75, 3.05) is 38.9 Å². The molecule has 156 valence electrons. The number of nitrogens with zero attached hydrogens (tertiary/aromatic N) is 2. The lowest BCUT2D eigenvalue weighted by Gasteiger charge is -2.25. The molecule has 2 atom stereocenters. The Labute approximate surface area is 166 Å². The first-order chi connectivity index (χ1) is 13.8. The summed E-state index contributed by atoms with van der Waals surface area (Å²) in [4.78, 5) is 21.2. The summed E-state index contributed by atoms with van der Waals surface area (Å²) >= 11 is 0. The average molecular weight is 406 g/mol. The number of hydrogen-bond donors (Lipinski definition) is 2. The highest BCUT2D eigenvalue weighted by Gasteiger charge is 2.25. The normalized spacial score (nSPS) is 13.0. The maximum Gasteiger partial charge on any atom is 0.292 e. The highest BCUT2D eigenvalue weighted by atomic mass is 16.6. The van der Waals surface area contributed by atoms with Crippen LogP contribution in [0.2, 0.25) is 0 Å². The summed E-state index contributed by atoms with van der Waals surface area (Å²) in [5.74, 6) is 0. The molecule has 4 N–H and O–H groups in total. The minimum Gasteiger partial charge on any atom is -0.393 e. The van der Waals surface area contributed by atoms with Crippen molar-refractivity contribution in [3.8, 4) is 0 Å². The van der Waals surface area contributed by atoms with Crippen LogP contribution >= 0.6 is 0 Å². The van der Waals surface area contributed by atoms with E-state index in [2.05, 4.69) is 0 Å². The number of nitrogens with two attached hydrogens (primary N) is 2. The molecule has 0 amide bonds. The number of nitro benzene ring substituents is 2. The second-order valence-electron chi connectivity index (χ2n) is 6.17. The SMILES string of the molecule is COCC(OC(COC)c1ccc(N)c([N+](=O)[O-])c1)c1ccc(N)c([N+](=O)[O-])c1. The van der Waals surface area contributed by atoms with Crippen LogP contribution in [0.4, 0.5) is 22.7 Å². The van der Waals surface area contributed by atoms with E-state index >= 15 is 0 Å². The quantitative estimate of drug-likeness (QED) is 0.342. The topological polar surface area (TPSA) is 166 Å². The van der Waals surface area contributed by atoms with E-state index in [1.807, 2.05) is 0 Å². The molecule has 2 unspecified atom stereocenters. The van der Waals surface area contributed by atoms with Gasteiger partial charge in [0.2, 0.25) is 0 Å². The molecule has 2 aromatic carbocycles. The van der Waals surface area contributed by atoms with Crippen LogP contribution in [0.1, 0.15) is 23.3 Å². The fraction of sp³-hybridized carbons (Fsp3) is 0.333. The standard InChI is InChI=1S/C18H22N4O7/c1-27-9-17(11-3-5-13(19)15(7-11)21(23)24)29-18(10-28-2)12-4-6-14(20)16(8-12)22(25)26/h3-8,17-18H,9-10,19-20H2,1-2H3. The van der Waals surface area contributed by atoms with Gasteiger partial charge in [0, 0.05) is 26.4 Å². The lowest BCUT2D eigenvalue weighted by Crippen LogP contribution is -2.19. The van der Waals surface area contributed by atoms with E-state index in [1.54, 1.807) is 12.1 Å². The van der Waals surface area contributed by atoms with E-state index < -0.39 is 22.1 Å². The Morgan fingerprint density at radius 1 is 0.828 bits per heavy atom. The Balaban J connectivity index is 2.40. The monoisotopic (exact) mass is 406 g/mol. The van der Waals surface area contributed by atoms with E-state index in [9.17, 15) is 20.2 Å². The molecule has 0 fully saturated rings. The summed E-state index contributed by atoms with van der Waals surface area (Å²) in [7, 11) is 2.92. The number of hydrogen-bond acceptors (Lipinski definition) is 9. The number of rotatable bonds is 10. The van der Waals surface area contributed by atoms with E-state index in [0.717, 1.165) is 0 Å². The van der Waals surface area contributed by atoms with Crippen molar-refractivity contribution in [1.29, 1.82) is 0 Å². The summed E-state index contributed by atoms with van der Waals surface area (Å²) in [6.45, 7) is 0.163. The first-order valence-electron chi connectivity index (χ1n) is 8.49. The van der Waals surface area contributed by atoms with Crippen LogP contribution in [-0.4, -0.2) is 37.3 Å². The third-order valence-electron chi connectivity index (χ3n) is 4.21. The molecule has 0 saturated heterocycles. The Bertz CT molecular complexity index is 819. The Hall–Kier alpha value is -3.28. The zero-order valence-electron chi connectivity index (χ0n) is 15.9. The Morgan fingerprint density at radius 3 is 1.52 bits per heavy atom. The molecule has 0 aromatic heterocycles. The van der Waals surface area contributed by atoms with Gasteiger partial charge in [0.05, 0.1) is 23.1 Å². The van der Waals surface area contributed by atoms with Crippen LogP contribution < -0.4 is 11.5 Å². The van der Waals surface area contributed by atoms with Gasteiger partial charge in [-0.1, -0.05) is 12.1 Å². The third-order valence-corrected chi connectivity index (χ3v) is 4.21. The van der Waals surface area contributed by atoms with Gasteiger partial charge in [-0.15, -0.1) is 0 Å². The molecule has 0 heterocycles. The fourth-order valence-corrected chi connectivity index (χ4v) is 2.77. The van der Waals surface area contributed by atoms with Gasteiger partial charge in [-0.05, 0) is 23.3 Å². The molecule has 2 aromatic rings. The van der Waals surface area contributed by atoms with Gasteiger partial charge in [0.25, 0.3) is 11.4 Å². The molecular formula is C18H22N4O7. The number of methoxy groups -OCH3 is 2. The predicted molar refractivity (Wildman–Crippen MR) is 105 cm³/mol.